The highest BCUT2D eigenvalue weighted by atomic mass is 19.1. The summed E-state index contributed by atoms with van der Waals surface area (Å²) in [5, 5.41) is 5.53. The number of carbonyl (C=O) groups is 3. The van der Waals surface area contributed by atoms with Crippen molar-refractivity contribution in [3.63, 3.8) is 0 Å². The Morgan fingerprint density at radius 1 is 1.10 bits per heavy atom. The van der Waals surface area contributed by atoms with E-state index in [9.17, 15) is 18.8 Å². The Kier molecular flexibility index (Phi) is 5.68. The molecule has 152 valence electrons. The third-order valence-corrected chi connectivity index (χ3v) is 5.14. The zero-order valence-corrected chi connectivity index (χ0v) is 16.6. The van der Waals surface area contributed by atoms with Crippen LogP contribution in [0.4, 0.5) is 9.18 Å². The number of carbonyl (C=O) groups excluding carboxylic acids is 3. The Balaban J connectivity index is 1.73. The SMILES string of the molecule is CC(C)[C@@H](NC(=O)CN1C(=O)N[C@@](C)(c2ccccc2)C1=O)c1ccc(F)cc1. The molecule has 4 amide bonds. The lowest BCUT2D eigenvalue weighted by atomic mass is 9.92. The third-order valence-electron chi connectivity index (χ3n) is 5.14. The van der Waals surface area contributed by atoms with Crippen LogP contribution in [0.2, 0.25) is 0 Å². The van der Waals surface area contributed by atoms with Crippen LogP contribution in [0.5, 0.6) is 0 Å². The minimum absolute atomic E-state index is 0.0297. The highest BCUT2D eigenvalue weighted by Crippen LogP contribution is 2.28. The fraction of sp³-hybridized carbons (Fsp3) is 0.318. The Bertz CT molecular complexity index is 915. The average Bonchev–Trinajstić information content (AvgIpc) is 2.91. The van der Waals surface area contributed by atoms with E-state index in [0.717, 1.165) is 10.5 Å². The van der Waals surface area contributed by atoms with E-state index >= 15 is 0 Å². The van der Waals surface area contributed by atoms with E-state index in [-0.39, 0.29) is 17.8 Å². The summed E-state index contributed by atoms with van der Waals surface area (Å²) in [5.41, 5.74) is 0.182. The summed E-state index contributed by atoms with van der Waals surface area (Å²) in [4.78, 5) is 38.9. The molecule has 6 nitrogen and oxygen atoms in total. The molecule has 2 aromatic rings. The lowest BCUT2D eigenvalue weighted by Gasteiger charge is -2.25. The van der Waals surface area contributed by atoms with Crippen molar-refractivity contribution in [2.24, 2.45) is 5.92 Å². The highest BCUT2D eigenvalue weighted by molar-refractivity contribution is 6.09. The van der Waals surface area contributed by atoms with Crippen molar-refractivity contribution in [3.8, 4) is 0 Å². The second-order valence-corrected chi connectivity index (χ2v) is 7.65. The fourth-order valence-corrected chi connectivity index (χ4v) is 3.48. The first-order valence-corrected chi connectivity index (χ1v) is 9.47. The van der Waals surface area contributed by atoms with Crippen molar-refractivity contribution in [2.45, 2.75) is 32.4 Å². The van der Waals surface area contributed by atoms with Gasteiger partial charge in [-0.3, -0.25) is 14.5 Å². The molecule has 2 N–H and O–H groups in total. The number of imide groups is 1. The normalized spacial score (nSPS) is 20.0. The molecule has 1 heterocycles. The summed E-state index contributed by atoms with van der Waals surface area (Å²) in [5.74, 6) is -1.27. The Morgan fingerprint density at radius 2 is 1.72 bits per heavy atom. The van der Waals surface area contributed by atoms with Gasteiger partial charge in [0, 0.05) is 0 Å². The lowest BCUT2D eigenvalue weighted by molar-refractivity contribution is -0.135. The van der Waals surface area contributed by atoms with Crippen molar-refractivity contribution in [1.82, 2.24) is 15.5 Å². The first kappa shape index (κ1) is 20.5. The van der Waals surface area contributed by atoms with Gasteiger partial charge in [-0.05, 0) is 36.1 Å². The number of hydrogen-bond donors (Lipinski definition) is 2. The van der Waals surface area contributed by atoms with Gasteiger partial charge in [0.25, 0.3) is 5.91 Å². The van der Waals surface area contributed by atoms with Crippen molar-refractivity contribution in [3.05, 3.63) is 71.5 Å². The maximum Gasteiger partial charge on any atom is 0.325 e. The van der Waals surface area contributed by atoms with Gasteiger partial charge in [-0.1, -0.05) is 56.3 Å². The van der Waals surface area contributed by atoms with Crippen molar-refractivity contribution < 1.29 is 18.8 Å². The van der Waals surface area contributed by atoms with E-state index in [1.807, 2.05) is 19.9 Å². The van der Waals surface area contributed by atoms with Gasteiger partial charge in [-0.2, -0.15) is 0 Å². The molecule has 2 atom stereocenters. The smallest absolute Gasteiger partial charge is 0.325 e. The second-order valence-electron chi connectivity index (χ2n) is 7.65. The third kappa shape index (κ3) is 4.13. The van der Waals surface area contributed by atoms with Crippen molar-refractivity contribution in [1.29, 1.82) is 0 Å². The molecule has 29 heavy (non-hydrogen) atoms. The molecule has 1 saturated heterocycles. The van der Waals surface area contributed by atoms with Crippen LogP contribution in [0.3, 0.4) is 0 Å². The van der Waals surface area contributed by atoms with Gasteiger partial charge >= 0.3 is 6.03 Å². The summed E-state index contributed by atoms with van der Waals surface area (Å²) in [6.45, 7) is 5.08. The Hall–Kier alpha value is -3.22. The molecule has 0 aromatic heterocycles. The predicted molar refractivity (Wildman–Crippen MR) is 106 cm³/mol. The molecule has 3 rings (SSSR count). The summed E-state index contributed by atoms with van der Waals surface area (Å²) in [6, 6.07) is 13.8. The van der Waals surface area contributed by atoms with Gasteiger partial charge in [0.05, 0.1) is 6.04 Å². The van der Waals surface area contributed by atoms with Crippen molar-refractivity contribution in [2.75, 3.05) is 6.54 Å². The number of halogens is 1. The second kappa shape index (κ2) is 8.03. The van der Waals surface area contributed by atoms with E-state index in [4.69, 9.17) is 0 Å². The zero-order chi connectivity index (χ0) is 21.2. The first-order valence-electron chi connectivity index (χ1n) is 9.47. The number of hydrogen-bond acceptors (Lipinski definition) is 3. The Morgan fingerprint density at radius 3 is 2.31 bits per heavy atom. The maximum atomic E-state index is 13.2. The molecule has 0 radical (unpaired) electrons. The first-order chi connectivity index (χ1) is 13.7. The monoisotopic (exact) mass is 397 g/mol. The van der Waals surface area contributed by atoms with Crippen LogP contribution in [-0.2, 0) is 15.1 Å². The minimum atomic E-state index is -1.22. The van der Waals surface area contributed by atoms with E-state index in [1.54, 1.807) is 43.3 Å². The molecule has 7 heteroatoms. The summed E-state index contributed by atoms with van der Waals surface area (Å²) >= 11 is 0. The number of nitrogens with one attached hydrogen (secondary N) is 2. The van der Waals surface area contributed by atoms with Gasteiger partial charge in [-0.15, -0.1) is 0 Å². The van der Waals surface area contributed by atoms with Crippen LogP contribution in [0, 0.1) is 11.7 Å². The van der Waals surface area contributed by atoms with E-state index in [2.05, 4.69) is 10.6 Å². The molecule has 1 aliphatic rings. The molecular formula is C22H24FN3O3. The molecule has 0 unspecified atom stereocenters. The molecular weight excluding hydrogens is 373 g/mol. The van der Waals surface area contributed by atoms with E-state index in [1.165, 1.54) is 12.1 Å². The van der Waals surface area contributed by atoms with Crippen LogP contribution in [-0.4, -0.2) is 29.3 Å². The molecule has 1 aliphatic heterocycles. The average molecular weight is 397 g/mol. The maximum absolute atomic E-state index is 13.2. The van der Waals surface area contributed by atoms with Crippen LogP contribution >= 0.6 is 0 Å². The van der Waals surface area contributed by atoms with Crippen LogP contribution in [0.25, 0.3) is 0 Å². The van der Waals surface area contributed by atoms with Crippen LogP contribution < -0.4 is 10.6 Å². The predicted octanol–water partition coefficient (Wildman–Crippen LogP) is 3.11. The Labute approximate surface area is 169 Å². The molecule has 0 saturated carbocycles. The number of rotatable bonds is 6. The van der Waals surface area contributed by atoms with Gasteiger partial charge < -0.3 is 10.6 Å². The lowest BCUT2D eigenvalue weighted by Crippen LogP contribution is -2.44. The van der Waals surface area contributed by atoms with Gasteiger partial charge in [-0.25, -0.2) is 9.18 Å². The molecule has 2 aromatic carbocycles. The van der Waals surface area contributed by atoms with Crippen molar-refractivity contribution >= 4 is 17.8 Å². The summed E-state index contributed by atoms with van der Waals surface area (Å²) < 4.78 is 13.2. The zero-order valence-electron chi connectivity index (χ0n) is 16.6. The van der Waals surface area contributed by atoms with E-state index in [0.29, 0.717) is 5.56 Å². The van der Waals surface area contributed by atoms with E-state index < -0.39 is 29.9 Å². The van der Waals surface area contributed by atoms with Crippen LogP contribution in [0.1, 0.15) is 37.9 Å². The van der Waals surface area contributed by atoms with Gasteiger partial charge in [0.2, 0.25) is 5.91 Å². The topological polar surface area (TPSA) is 78.5 Å². The van der Waals surface area contributed by atoms with Gasteiger partial charge in [0.15, 0.2) is 0 Å². The number of nitrogens with zero attached hydrogens (tertiary/aromatic N) is 1. The number of benzene rings is 2. The quantitative estimate of drug-likeness (QED) is 0.735. The number of urea groups is 1. The summed E-state index contributed by atoms with van der Waals surface area (Å²) in [7, 11) is 0. The summed E-state index contributed by atoms with van der Waals surface area (Å²) in [6.07, 6.45) is 0. The molecule has 0 spiro atoms. The standard InChI is InChI=1S/C22H24FN3O3/c1-14(2)19(15-9-11-17(23)12-10-15)24-18(27)13-26-20(28)22(3,25-21(26)29)16-7-5-4-6-8-16/h4-12,14,19H,13H2,1-3H3,(H,24,27)(H,25,29)/t19-,22+/m1/s1. The number of amides is 4. The minimum Gasteiger partial charge on any atom is -0.347 e. The molecule has 0 bridgehead atoms. The van der Waals surface area contributed by atoms with Crippen LogP contribution in [0.15, 0.2) is 54.6 Å². The van der Waals surface area contributed by atoms with Gasteiger partial charge in [0.1, 0.15) is 17.9 Å². The highest BCUT2D eigenvalue weighted by Gasteiger charge is 2.49. The fourth-order valence-electron chi connectivity index (χ4n) is 3.48. The molecule has 0 aliphatic carbocycles. The largest absolute Gasteiger partial charge is 0.347 e. The molecule has 1 fully saturated rings.